The normalized spacial score (nSPS) is 18.0. The summed E-state index contributed by atoms with van der Waals surface area (Å²) in [6, 6.07) is 16.8. The van der Waals surface area contributed by atoms with Crippen LogP contribution in [0.5, 0.6) is 0 Å². The van der Waals surface area contributed by atoms with E-state index >= 15 is 0 Å². The minimum absolute atomic E-state index is 0.00282. The predicted octanol–water partition coefficient (Wildman–Crippen LogP) is 5.45. The molecule has 4 nitrogen and oxygen atoms in total. The second kappa shape index (κ2) is 8.78. The van der Waals surface area contributed by atoms with Gasteiger partial charge in [0.2, 0.25) is 0 Å². The van der Waals surface area contributed by atoms with Crippen LogP contribution in [0.25, 0.3) is 0 Å². The highest BCUT2D eigenvalue weighted by molar-refractivity contribution is 5.92. The zero-order chi connectivity index (χ0) is 20.3. The summed E-state index contributed by atoms with van der Waals surface area (Å²) in [7, 11) is 2.12. The van der Waals surface area contributed by atoms with Crippen LogP contribution in [0.3, 0.4) is 0 Å². The van der Waals surface area contributed by atoms with Crippen LogP contribution in [-0.2, 0) is 0 Å². The Morgan fingerprint density at radius 3 is 2.11 bits per heavy atom. The minimum atomic E-state index is -0.00282. The lowest BCUT2D eigenvalue weighted by molar-refractivity contribution is 0.116. The number of para-hydroxylation sites is 1. The molecule has 2 aromatic rings. The van der Waals surface area contributed by atoms with Crippen molar-refractivity contribution in [2.24, 2.45) is 0 Å². The summed E-state index contributed by atoms with van der Waals surface area (Å²) in [4.78, 5) is 17.7. The van der Waals surface area contributed by atoms with E-state index in [1.807, 2.05) is 23.1 Å². The summed E-state index contributed by atoms with van der Waals surface area (Å²) in [6.45, 7) is 11.2. The zero-order valence-corrected chi connectivity index (χ0v) is 17.8. The first-order valence-electron chi connectivity index (χ1n) is 10.3. The largest absolute Gasteiger partial charge is 0.322 e. The fraction of sp³-hybridized carbons (Fsp3) is 0.458. The van der Waals surface area contributed by atoms with Crippen molar-refractivity contribution >= 4 is 11.7 Å². The highest BCUT2D eigenvalue weighted by Gasteiger charge is 2.31. The number of urea groups is 1. The van der Waals surface area contributed by atoms with E-state index in [2.05, 4.69) is 75.3 Å². The van der Waals surface area contributed by atoms with E-state index in [-0.39, 0.29) is 12.1 Å². The molecule has 4 heteroatoms. The number of nitrogens with one attached hydrogen (secondary N) is 1. The van der Waals surface area contributed by atoms with Crippen molar-refractivity contribution in [2.45, 2.75) is 45.6 Å². The molecule has 2 aromatic carbocycles. The Bertz CT molecular complexity index is 775. The van der Waals surface area contributed by atoms with Gasteiger partial charge in [-0.3, -0.25) is 0 Å². The van der Waals surface area contributed by atoms with E-state index in [4.69, 9.17) is 0 Å². The maximum absolute atomic E-state index is 13.4. The summed E-state index contributed by atoms with van der Waals surface area (Å²) in [5.74, 6) is 0.706. The van der Waals surface area contributed by atoms with Gasteiger partial charge in [-0.25, -0.2) is 4.79 Å². The summed E-state index contributed by atoms with van der Waals surface area (Å²) in [6.07, 6.45) is 0. The maximum atomic E-state index is 13.4. The molecule has 1 aliphatic heterocycles. The molecule has 0 spiro atoms. The molecular weight excluding hydrogens is 346 g/mol. The van der Waals surface area contributed by atoms with Crippen LogP contribution in [0, 0.1) is 0 Å². The standard InChI is InChI=1S/C24H33N3O/c1-17(2)20-12-9-13-21(18(3)4)23(20)25-24(28)27-15-14-26(5)16-22(27)19-10-7-6-8-11-19/h6-13,17-18,22H,14-16H2,1-5H3,(H,25,28)/t22-/m0/s1. The third-order valence-corrected chi connectivity index (χ3v) is 5.63. The summed E-state index contributed by atoms with van der Waals surface area (Å²) >= 11 is 0. The number of carbonyl (C=O) groups is 1. The Morgan fingerprint density at radius 1 is 0.929 bits per heavy atom. The topological polar surface area (TPSA) is 35.6 Å². The van der Waals surface area contributed by atoms with Crippen LogP contribution in [0.1, 0.15) is 62.3 Å². The number of benzene rings is 2. The van der Waals surface area contributed by atoms with Crippen molar-refractivity contribution in [3.05, 3.63) is 65.2 Å². The molecule has 150 valence electrons. The van der Waals surface area contributed by atoms with Crippen LogP contribution in [0.15, 0.2) is 48.5 Å². The first-order chi connectivity index (χ1) is 13.4. The monoisotopic (exact) mass is 379 g/mol. The van der Waals surface area contributed by atoms with E-state index in [0.29, 0.717) is 11.8 Å². The van der Waals surface area contributed by atoms with Crippen molar-refractivity contribution in [3.8, 4) is 0 Å². The average molecular weight is 380 g/mol. The molecule has 1 N–H and O–H groups in total. The van der Waals surface area contributed by atoms with Crippen LogP contribution in [-0.4, -0.2) is 42.5 Å². The van der Waals surface area contributed by atoms with Gasteiger partial charge in [0.1, 0.15) is 0 Å². The van der Waals surface area contributed by atoms with Crippen molar-refractivity contribution in [1.29, 1.82) is 0 Å². The molecule has 0 bridgehead atoms. The summed E-state index contributed by atoms with van der Waals surface area (Å²) in [5.41, 5.74) is 4.57. The van der Waals surface area contributed by atoms with Gasteiger partial charge in [0.25, 0.3) is 0 Å². The fourth-order valence-electron chi connectivity index (χ4n) is 4.00. The Kier molecular flexibility index (Phi) is 6.40. The molecule has 28 heavy (non-hydrogen) atoms. The second-order valence-corrected chi connectivity index (χ2v) is 8.43. The quantitative estimate of drug-likeness (QED) is 0.766. The van der Waals surface area contributed by atoms with Crippen LogP contribution in [0.4, 0.5) is 10.5 Å². The molecule has 3 rings (SSSR count). The second-order valence-electron chi connectivity index (χ2n) is 8.43. The number of hydrogen-bond acceptors (Lipinski definition) is 2. The molecule has 2 amide bonds. The Labute approximate surface area is 169 Å². The SMILES string of the molecule is CC(C)c1cccc(C(C)C)c1NC(=O)N1CCN(C)C[C@H]1c1ccccc1. The van der Waals surface area contributed by atoms with Gasteiger partial charge in [-0.1, -0.05) is 76.2 Å². The number of rotatable bonds is 4. The van der Waals surface area contributed by atoms with E-state index in [1.165, 1.54) is 16.7 Å². The smallest absolute Gasteiger partial charge is 0.315 e. The third-order valence-electron chi connectivity index (χ3n) is 5.63. The molecule has 0 radical (unpaired) electrons. The number of nitrogens with zero attached hydrogens (tertiary/aromatic N) is 2. The maximum Gasteiger partial charge on any atom is 0.322 e. The Morgan fingerprint density at radius 2 is 1.54 bits per heavy atom. The molecule has 1 aliphatic rings. The first kappa shape index (κ1) is 20.4. The van der Waals surface area contributed by atoms with Crippen LogP contribution >= 0.6 is 0 Å². The minimum Gasteiger partial charge on any atom is -0.315 e. The summed E-state index contributed by atoms with van der Waals surface area (Å²) < 4.78 is 0. The fourth-order valence-corrected chi connectivity index (χ4v) is 4.00. The molecule has 1 atom stereocenters. The number of anilines is 1. The molecule has 1 heterocycles. The van der Waals surface area contributed by atoms with E-state index in [1.54, 1.807) is 0 Å². The molecule has 1 saturated heterocycles. The van der Waals surface area contributed by atoms with E-state index in [0.717, 1.165) is 25.3 Å². The number of likely N-dealkylation sites (N-methyl/N-ethyl adjacent to an activating group) is 1. The lowest BCUT2D eigenvalue weighted by Crippen LogP contribution is -2.50. The zero-order valence-electron chi connectivity index (χ0n) is 17.8. The lowest BCUT2D eigenvalue weighted by Gasteiger charge is -2.40. The summed E-state index contributed by atoms with van der Waals surface area (Å²) in [5, 5.41) is 3.29. The number of piperazine rings is 1. The number of carbonyl (C=O) groups excluding carboxylic acids is 1. The van der Waals surface area contributed by atoms with Gasteiger partial charge >= 0.3 is 6.03 Å². The lowest BCUT2D eigenvalue weighted by atomic mass is 9.92. The van der Waals surface area contributed by atoms with Gasteiger partial charge in [0.05, 0.1) is 6.04 Å². The average Bonchev–Trinajstić information content (AvgIpc) is 2.68. The molecule has 0 aliphatic carbocycles. The molecule has 0 aromatic heterocycles. The number of amides is 2. The van der Waals surface area contributed by atoms with Crippen LogP contribution in [0.2, 0.25) is 0 Å². The highest BCUT2D eigenvalue weighted by atomic mass is 16.2. The Hall–Kier alpha value is -2.33. The molecule has 1 fully saturated rings. The molecule has 0 unspecified atom stereocenters. The van der Waals surface area contributed by atoms with Gasteiger partial charge in [0.15, 0.2) is 0 Å². The molecule has 0 saturated carbocycles. The van der Waals surface area contributed by atoms with Crippen molar-refractivity contribution < 1.29 is 4.79 Å². The predicted molar refractivity (Wildman–Crippen MR) is 117 cm³/mol. The van der Waals surface area contributed by atoms with Gasteiger partial charge in [-0.05, 0) is 35.6 Å². The highest BCUT2D eigenvalue weighted by Crippen LogP contribution is 2.33. The van der Waals surface area contributed by atoms with Gasteiger partial charge in [0, 0.05) is 25.3 Å². The molecular formula is C24H33N3O. The van der Waals surface area contributed by atoms with Gasteiger partial charge < -0.3 is 15.1 Å². The number of hydrogen-bond donors (Lipinski definition) is 1. The Balaban J connectivity index is 1.91. The van der Waals surface area contributed by atoms with Gasteiger partial charge in [-0.15, -0.1) is 0 Å². The van der Waals surface area contributed by atoms with E-state index in [9.17, 15) is 4.79 Å². The van der Waals surface area contributed by atoms with Crippen molar-refractivity contribution in [1.82, 2.24) is 9.80 Å². The van der Waals surface area contributed by atoms with E-state index < -0.39 is 0 Å². The van der Waals surface area contributed by atoms with Gasteiger partial charge in [-0.2, -0.15) is 0 Å². The van der Waals surface area contributed by atoms with Crippen LogP contribution < -0.4 is 5.32 Å². The first-order valence-corrected chi connectivity index (χ1v) is 10.3. The van der Waals surface area contributed by atoms with Crippen molar-refractivity contribution in [3.63, 3.8) is 0 Å². The third kappa shape index (κ3) is 4.39. The van der Waals surface area contributed by atoms with Crippen molar-refractivity contribution in [2.75, 3.05) is 32.0 Å².